The number of hydrogen-bond donors (Lipinski definition) is 2. The summed E-state index contributed by atoms with van der Waals surface area (Å²) in [6.45, 7) is 1.60. The molecule has 0 aliphatic heterocycles. The Kier molecular flexibility index (Phi) is 6.04. The molecular formula is C24H19BrN2O4. The molecule has 6 nitrogen and oxygen atoms in total. The van der Waals surface area contributed by atoms with E-state index in [1.807, 2.05) is 42.5 Å². The van der Waals surface area contributed by atoms with Gasteiger partial charge in [0, 0.05) is 11.4 Å². The largest absolute Gasteiger partial charge is 0.486 e. The number of fused-ring (bicyclic) bond motifs is 1. The van der Waals surface area contributed by atoms with E-state index in [1.165, 1.54) is 6.92 Å². The van der Waals surface area contributed by atoms with Crippen LogP contribution in [0.25, 0.3) is 10.8 Å². The summed E-state index contributed by atoms with van der Waals surface area (Å²) in [7, 11) is 0. The molecule has 0 aliphatic rings. The number of carbonyl (C=O) groups is 2. The van der Waals surface area contributed by atoms with Gasteiger partial charge < -0.3 is 19.8 Å². The highest BCUT2D eigenvalue weighted by Gasteiger charge is 2.15. The molecule has 0 spiro atoms. The maximum atomic E-state index is 12.6. The minimum atomic E-state index is -0.429. The first-order chi connectivity index (χ1) is 15.0. The minimum Gasteiger partial charge on any atom is -0.486 e. The van der Waals surface area contributed by atoms with E-state index in [1.54, 1.807) is 30.3 Å². The highest BCUT2D eigenvalue weighted by atomic mass is 79.9. The van der Waals surface area contributed by atoms with Crippen molar-refractivity contribution in [2.75, 3.05) is 10.6 Å². The second-order valence-electron chi connectivity index (χ2n) is 6.89. The van der Waals surface area contributed by atoms with Crippen molar-refractivity contribution in [1.29, 1.82) is 0 Å². The molecule has 7 heteroatoms. The summed E-state index contributed by atoms with van der Waals surface area (Å²) < 4.78 is 12.2. The van der Waals surface area contributed by atoms with Gasteiger partial charge in [-0.05, 0) is 53.2 Å². The number of amides is 2. The van der Waals surface area contributed by atoms with E-state index in [0.29, 0.717) is 17.1 Å². The molecule has 156 valence electrons. The molecule has 0 aliphatic carbocycles. The van der Waals surface area contributed by atoms with E-state index in [9.17, 15) is 9.59 Å². The monoisotopic (exact) mass is 478 g/mol. The lowest BCUT2D eigenvalue weighted by Gasteiger charge is -2.11. The Hall–Kier alpha value is -3.58. The fraction of sp³-hybridized carbons (Fsp3) is 0.0833. The second kappa shape index (κ2) is 9.06. The molecule has 4 rings (SSSR count). The average molecular weight is 479 g/mol. The molecule has 0 saturated heterocycles. The van der Waals surface area contributed by atoms with E-state index in [4.69, 9.17) is 9.15 Å². The zero-order valence-corrected chi connectivity index (χ0v) is 18.2. The Balaban J connectivity index is 1.43. The van der Waals surface area contributed by atoms with Crippen LogP contribution in [0.15, 0.2) is 81.7 Å². The number of carbonyl (C=O) groups excluding carboxylic acids is 2. The van der Waals surface area contributed by atoms with Crippen LogP contribution in [0.5, 0.6) is 5.75 Å². The van der Waals surface area contributed by atoms with Crippen LogP contribution in [-0.4, -0.2) is 11.8 Å². The third kappa shape index (κ3) is 5.13. The number of benzene rings is 3. The highest BCUT2D eigenvalue weighted by molar-refractivity contribution is 9.10. The summed E-state index contributed by atoms with van der Waals surface area (Å²) in [5.41, 5.74) is 0.954. The third-order valence-corrected chi connectivity index (χ3v) is 5.02. The molecule has 0 unspecified atom stereocenters. The fourth-order valence-electron chi connectivity index (χ4n) is 3.09. The molecule has 3 aromatic carbocycles. The molecule has 0 saturated carbocycles. The van der Waals surface area contributed by atoms with Crippen LogP contribution in [0.3, 0.4) is 0 Å². The van der Waals surface area contributed by atoms with Gasteiger partial charge in [-0.1, -0.05) is 46.3 Å². The maximum absolute atomic E-state index is 12.6. The summed E-state index contributed by atoms with van der Waals surface area (Å²) in [5.74, 6) is 0.723. The van der Waals surface area contributed by atoms with Crippen molar-refractivity contribution in [2.45, 2.75) is 13.5 Å². The van der Waals surface area contributed by atoms with Gasteiger partial charge in [0.15, 0.2) is 5.76 Å². The molecule has 2 amide bonds. The predicted molar refractivity (Wildman–Crippen MR) is 123 cm³/mol. The van der Waals surface area contributed by atoms with Gasteiger partial charge in [-0.15, -0.1) is 0 Å². The van der Waals surface area contributed by atoms with Crippen LogP contribution in [0.4, 0.5) is 11.4 Å². The number of nitrogens with one attached hydrogen (secondary N) is 2. The Bertz CT molecular complexity index is 1270. The van der Waals surface area contributed by atoms with Gasteiger partial charge in [-0.3, -0.25) is 9.59 Å². The normalized spacial score (nSPS) is 10.6. The Morgan fingerprint density at radius 1 is 0.903 bits per heavy atom. The van der Waals surface area contributed by atoms with Crippen LogP contribution in [0.2, 0.25) is 0 Å². The lowest BCUT2D eigenvalue weighted by molar-refractivity contribution is -0.114. The zero-order valence-electron chi connectivity index (χ0n) is 16.6. The lowest BCUT2D eigenvalue weighted by Crippen LogP contribution is -2.14. The zero-order chi connectivity index (χ0) is 21.8. The number of ether oxygens (including phenoxy) is 1. The standard InChI is InChI=1S/C24H19BrN2O4/c1-15(28)26-21-10-7-18(25)13-22(21)27-24(29)23-11-9-20(31-23)14-30-19-8-6-16-4-2-3-5-17(16)12-19/h2-13H,14H2,1H3,(H,26,28)(H,27,29). The molecule has 2 N–H and O–H groups in total. The Labute approximate surface area is 187 Å². The summed E-state index contributed by atoms with van der Waals surface area (Å²) in [4.78, 5) is 24.0. The predicted octanol–water partition coefficient (Wildman–Crippen LogP) is 5.99. The summed E-state index contributed by atoms with van der Waals surface area (Å²) in [6, 6.07) is 22.4. The maximum Gasteiger partial charge on any atom is 0.291 e. The minimum absolute atomic E-state index is 0.144. The first-order valence-corrected chi connectivity index (χ1v) is 10.4. The molecule has 31 heavy (non-hydrogen) atoms. The van der Waals surface area contributed by atoms with Crippen molar-refractivity contribution in [3.63, 3.8) is 0 Å². The average Bonchev–Trinajstić information content (AvgIpc) is 3.23. The smallest absolute Gasteiger partial charge is 0.291 e. The first kappa shape index (κ1) is 20.7. The molecule has 0 atom stereocenters. The number of rotatable bonds is 6. The van der Waals surface area contributed by atoms with Crippen molar-refractivity contribution in [1.82, 2.24) is 0 Å². The topological polar surface area (TPSA) is 80.6 Å². The summed E-state index contributed by atoms with van der Waals surface area (Å²) in [6.07, 6.45) is 0. The number of furan rings is 1. The van der Waals surface area contributed by atoms with Gasteiger partial charge >= 0.3 is 0 Å². The van der Waals surface area contributed by atoms with Crippen LogP contribution >= 0.6 is 15.9 Å². The van der Waals surface area contributed by atoms with Crippen molar-refractivity contribution in [3.8, 4) is 5.75 Å². The van der Waals surface area contributed by atoms with Gasteiger partial charge in [0.1, 0.15) is 18.1 Å². The number of halogens is 1. The summed E-state index contributed by atoms with van der Waals surface area (Å²) >= 11 is 3.37. The SMILES string of the molecule is CC(=O)Nc1ccc(Br)cc1NC(=O)c1ccc(COc2ccc3ccccc3c2)o1. The fourth-order valence-corrected chi connectivity index (χ4v) is 3.45. The van der Waals surface area contributed by atoms with E-state index in [0.717, 1.165) is 21.0 Å². The van der Waals surface area contributed by atoms with E-state index in [-0.39, 0.29) is 18.3 Å². The first-order valence-electron chi connectivity index (χ1n) is 9.57. The second-order valence-corrected chi connectivity index (χ2v) is 7.80. The van der Waals surface area contributed by atoms with Crippen LogP contribution < -0.4 is 15.4 Å². The van der Waals surface area contributed by atoms with Crippen LogP contribution in [0.1, 0.15) is 23.2 Å². The van der Waals surface area contributed by atoms with Crippen molar-refractivity contribution < 1.29 is 18.7 Å². The van der Waals surface area contributed by atoms with Gasteiger partial charge in [0.25, 0.3) is 5.91 Å². The molecule has 0 bridgehead atoms. The van der Waals surface area contributed by atoms with E-state index in [2.05, 4.69) is 26.6 Å². The molecule has 1 aromatic heterocycles. The number of anilines is 2. The Morgan fingerprint density at radius 3 is 2.52 bits per heavy atom. The van der Waals surface area contributed by atoms with Gasteiger partial charge in [0.05, 0.1) is 11.4 Å². The Morgan fingerprint density at radius 2 is 1.71 bits per heavy atom. The summed E-state index contributed by atoms with van der Waals surface area (Å²) in [5, 5.41) is 7.67. The highest BCUT2D eigenvalue weighted by Crippen LogP contribution is 2.27. The van der Waals surface area contributed by atoms with E-state index < -0.39 is 5.91 Å². The van der Waals surface area contributed by atoms with Crippen molar-refractivity contribution in [3.05, 3.63) is 88.8 Å². The van der Waals surface area contributed by atoms with Crippen LogP contribution in [-0.2, 0) is 11.4 Å². The van der Waals surface area contributed by atoms with Crippen molar-refractivity contribution >= 4 is 49.9 Å². The molecule has 1 heterocycles. The third-order valence-electron chi connectivity index (χ3n) is 4.53. The van der Waals surface area contributed by atoms with E-state index >= 15 is 0 Å². The van der Waals surface area contributed by atoms with Crippen molar-refractivity contribution in [2.24, 2.45) is 0 Å². The van der Waals surface area contributed by atoms with Gasteiger partial charge in [0.2, 0.25) is 5.91 Å². The van der Waals surface area contributed by atoms with Gasteiger partial charge in [-0.25, -0.2) is 0 Å². The van der Waals surface area contributed by atoms with Gasteiger partial charge in [-0.2, -0.15) is 0 Å². The lowest BCUT2D eigenvalue weighted by atomic mass is 10.1. The quantitative estimate of drug-likeness (QED) is 0.356. The molecule has 0 radical (unpaired) electrons. The van der Waals surface area contributed by atoms with Crippen LogP contribution in [0, 0.1) is 0 Å². The molecule has 4 aromatic rings. The molecular weight excluding hydrogens is 460 g/mol. The molecule has 0 fully saturated rings. The number of hydrogen-bond acceptors (Lipinski definition) is 4.